The number of rotatable bonds is 3. The maximum atomic E-state index is 13.4. The fourth-order valence-electron chi connectivity index (χ4n) is 1.59. The molecule has 0 unspecified atom stereocenters. The van der Waals surface area contributed by atoms with Gasteiger partial charge in [-0.1, -0.05) is 18.2 Å². The second-order valence-electron chi connectivity index (χ2n) is 3.83. The third-order valence-corrected chi connectivity index (χ3v) is 2.49. The highest BCUT2D eigenvalue weighted by Gasteiger charge is 2.10. The van der Waals surface area contributed by atoms with Gasteiger partial charge in [0.25, 0.3) is 0 Å². The number of anilines is 1. The number of nitrogens with one attached hydrogen (secondary N) is 1. The lowest BCUT2D eigenvalue weighted by atomic mass is 10.1. The summed E-state index contributed by atoms with van der Waals surface area (Å²) in [7, 11) is 0. The van der Waals surface area contributed by atoms with E-state index in [-0.39, 0.29) is 17.8 Å². The summed E-state index contributed by atoms with van der Waals surface area (Å²) < 4.78 is 13.4. The van der Waals surface area contributed by atoms with E-state index >= 15 is 0 Å². The van der Waals surface area contributed by atoms with Gasteiger partial charge < -0.3 is 5.32 Å². The van der Waals surface area contributed by atoms with Crippen LogP contribution >= 0.6 is 0 Å². The lowest BCUT2D eigenvalue weighted by Gasteiger charge is -2.06. The van der Waals surface area contributed by atoms with Gasteiger partial charge in [-0.2, -0.15) is 5.26 Å². The van der Waals surface area contributed by atoms with E-state index in [1.54, 1.807) is 30.3 Å². The molecule has 0 atom stereocenters. The summed E-state index contributed by atoms with van der Waals surface area (Å²) >= 11 is 0. The molecule has 0 aliphatic carbocycles. The van der Waals surface area contributed by atoms with E-state index in [2.05, 4.69) is 10.3 Å². The number of amides is 1. The SMILES string of the molecule is N#Cc1cccnc1NC(=O)Cc1ccccc1F. The Balaban J connectivity index is 2.11. The zero-order chi connectivity index (χ0) is 13.7. The van der Waals surface area contributed by atoms with Gasteiger partial charge >= 0.3 is 0 Å². The maximum absolute atomic E-state index is 13.4. The first kappa shape index (κ1) is 12.7. The van der Waals surface area contributed by atoms with E-state index in [9.17, 15) is 9.18 Å². The van der Waals surface area contributed by atoms with Gasteiger partial charge in [0.1, 0.15) is 17.7 Å². The van der Waals surface area contributed by atoms with Crippen molar-refractivity contribution in [3.63, 3.8) is 0 Å². The molecule has 1 amide bonds. The fraction of sp³-hybridized carbons (Fsp3) is 0.0714. The average molecular weight is 255 g/mol. The van der Waals surface area contributed by atoms with Crippen LogP contribution in [0.3, 0.4) is 0 Å². The van der Waals surface area contributed by atoms with Crippen LogP contribution in [0.15, 0.2) is 42.6 Å². The third kappa shape index (κ3) is 3.13. The van der Waals surface area contributed by atoms with Crippen molar-refractivity contribution in [2.75, 3.05) is 5.32 Å². The summed E-state index contributed by atoms with van der Waals surface area (Å²) in [6, 6.07) is 11.1. The highest BCUT2D eigenvalue weighted by molar-refractivity contribution is 5.92. The first-order chi connectivity index (χ1) is 9.20. The largest absolute Gasteiger partial charge is 0.309 e. The molecule has 1 heterocycles. The summed E-state index contributed by atoms with van der Waals surface area (Å²) in [6.07, 6.45) is 1.37. The smallest absolute Gasteiger partial charge is 0.230 e. The predicted molar refractivity (Wildman–Crippen MR) is 67.7 cm³/mol. The molecular formula is C14H10FN3O. The molecular weight excluding hydrogens is 245 g/mol. The van der Waals surface area contributed by atoms with Crippen LogP contribution < -0.4 is 5.32 Å². The van der Waals surface area contributed by atoms with Crippen molar-refractivity contribution in [1.82, 2.24) is 4.98 Å². The van der Waals surface area contributed by atoms with Crippen LogP contribution in [0.1, 0.15) is 11.1 Å². The zero-order valence-electron chi connectivity index (χ0n) is 9.93. The molecule has 1 aromatic carbocycles. The Hall–Kier alpha value is -2.74. The normalized spacial score (nSPS) is 9.68. The molecule has 1 N–H and O–H groups in total. The van der Waals surface area contributed by atoms with Crippen molar-refractivity contribution in [2.45, 2.75) is 6.42 Å². The number of nitrogens with zero attached hydrogens (tertiary/aromatic N) is 2. The van der Waals surface area contributed by atoms with E-state index in [1.165, 1.54) is 12.3 Å². The second kappa shape index (κ2) is 5.74. The molecule has 0 aliphatic rings. The number of carbonyl (C=O) groups is 1. The van der Waals surface area contributed by atoms with E-state index in [4.69, 9.17) is 5.26 Å². The van der Waals surface area contributed by atoms with Crippen LogP contribution in [-0.2, 0) is 11.2 Å². The molecule has 0 aliphatic heterocycles. The van der Waals surface area contributed by atoms with Gasteiger partial charge in [0.2, 0.25) is 5.91 Å². The molecule has 0 saturated carbocycles. The van der Waals surface area contributed by atoms with Gasteiger partial charge in [0.05, 0.1) is 12.0 Å². The summed E-state index contributed by atoms with van der Waals surface area (Å²) in [6.45, 7) is 0. The maximum Gasteiger partial charge on any atom is 0.230 e. The van der Waals surface area contributed by atoms with Crippen LogP contribution in [0.4, 0.5) is 10.2 Å². The second-order valence-corrected chi connectivity index (χ2v) is 3.83. The summed E-state index contributed by atoms with van der Waals surface area (Å²) in [5.41, 5.74) is 0.568. The molecule has 0 fully saturated rings. The Morgan fingerprint density at radius 3 is 2.84 bits per heavy atom. The summed E-state index contributed by atoms with van der Waals surface area (Å²) in [4.78, 5) is 15.7. The monoisotopic (exact) mass is 255 g/mol. The number of benzene rings is 1. The van der Waals surface area contributed by atoms with Crippen LogP contribution in [0.5, 0.6) is 0 Å². The minimum atomic E-state index is -0.431. The molecule has 0 saturated heterocycles. The third-order valence-electron chi connectivity index (χ3n) is 2.49. The van der Waals surface area contributed by atoms with Gasteiger partial charge in [-0.15, -0.1) is 0 Å². The number of aromatic nitrogens is 1. The Morgan fingerprint density at radius 1 is 1.32 bits per heavy atom. The number of pyridine rings is 1. The number of halogens is 1. The Bertz CT molecular complexity index is 649. The van der Waals surface area contributed by atoms with Crippen molar-refractivity contribution < 1.29 is 9.18 Å². The quantitative estimate of drug-likeness (QED) is 0.914. The Morgan fingerprint density at radius 2 is 2.11 bits per heavy atom. The van der Waals surface area contributed by atoms with E-state index in [1.807, 2.05) is 6.07 Å². The fourth-order valence-corrected chi connectivity index (χ4v) is 1.59. The average Bonchev–Trinajstić information content (AvgIpc) is 2.42. The number of nitriles is 1. The van der Waals surface area contributed by atoms with E-state index in [0.717, 1.165) is 0 Å². The Kier molecular flexibility index (Phi) is 3.84. The van der Waals surface area contributed by atoms with Gasteiger partial charge in [0.15, 0.2) is 0 Å². The molecule has 4 nitrogen and oxygen atoms in total. The van der Waals surface area contributed by atoms with Gasteiger partial charge in [-0.3, -0.25) is 4.79 Å². The lowest BCUT2D eigenvalue weighted by molar-refractivity contribution is -0.115. The molecule has 0 spiro atoms. The first-order valence-corrected chi connectivity index (χ1v) is 5.59. The van der Waals surface area contributed by atoms with Gasteiger partial charge in [-0.05, 0) is 23.8 Å². The molecule has 5 heteroatoms. The van der Waals surface area contributed by atoms with Crippen molar-refractivity contribution in [3.05, 3.63) is 59.5 Å². The Labute approximate surface area is 109 Å². The number of hydrogen-bond acceptors (Lipinski definition) is 3. The van der Waals surface area contributed by atoms with Gasteiger partial charge in [0, 0.05) is 6.20 Å². The van der Waals surface area contributed by atoms with Crippen molar-refractivity contribution in [1.29, 1.82) is 5.26 Å². The van der Waals surface area contributed by atoms with Crippen LogP contribution in [-0.4, -0.2) is 10.9 Å². The van der Waals surface area contributed by atoms with Crippen LogP contribution in [0.2, 0.25) is 0 Å². The highest BCUT2D eigenvalue weighted by atomic mass is 19.1. The first-order valence-electron chi connectivity index (χ1n) is 5.59. The molecule has 2 rings (SSSR count). The molecule has 1 aromatic heterocycles. The van der Waals surface area contributed by atoms with Gasteiger partial charge in [-0.25, -0.2) is 9.37 Å². The number of carbonyl (C=O) groups excluding carboxylic acids is 1. The van der Waals surface area contributed by atoms with Crippen molar-refractivity contribution >= 4 is 11.7 Å². The molecule has 0 radical (unpaired) electrons. The molecule has 2 aromatic rings. The minimum Gasteiger partial charge on any atom is -0.309 e. The lowest BCUT2D eigenvalue weighted by Crippen LogP contribution is -2.16. The van der Waals surface area contributed by atoms with E-state index in [0.29, 0.717) is 5.56 Å². The zero-order valence-corrected chi connectivity index (χ0v) is 9.93. The predicted octanol–water partition coefficient (Wildman–Crippen LogP) is 2.27. The molecule has 19 heavy (non-hydrogen) atoms. The minimum absolute atomic E-state index is 0.103. The van der Waals surface area contributed by atoms with Crippen LogP contribution in [0, 0.1) is 17.1 Å². The molecule has 94 valence electrons. The van der Waals surface area contributed by atoms with E-state index < -0.39 is 11.7 Å². The standard InChI is InChI=1S/C14H10FN3O/c15-12-6-2-1-4-10(12)8-13(19)18-14-11(9-16)5-3-7-17-14/h1-7H,8H2,(H,17,18,19). The number of hydrogen-bond donors (Lipinski definition) is 1. The van der Waals surface area contributed by atoms with Crippen molar-refractivity contribution in [3.8, 4) is 6.07 Å². The van der Waals surface area contributed by atoms with Crippen LogP contribution in [0.25, 0.3) is 0 Å². The topological polar surface area (TPSA) is 65.8 Å². The highest BCUT2D eigenvalue weighted by Crippen LogP contribution is 2.12. The van der Waals surface area contributed by atoms with Crippen molar-refractivity contribution in [2.24, 2.45) is 0 Å². The summed E-state index contributed by atoms with van der Waals surface area (Å²) in [5.74, 6) is -0.661. The molecule has 0 bridgehead atoms. The summed E-state index contributed by atoms with van der Waals surface area (Å²) in [5, 5.41) is 11.4.